The predicted molar refractivity (Wildman–Crippen MR) is 135 cm³/mol. The van der Waals surface area contributed by atoms with Crippen LogP contribution < -0.4 is 5.84 Å². The van der Waals surface area contributed by atoms with E-state index >= 15 is 0 Å². The van der Waals surface area contributed by atoms with Crippen molar-refractivity contribution in [3.05, 3.63) is 45.8 Å². The maximum atomic E-state index is 12.3. The van der Waals surface area contributed by atoms with E-state index in [1.807, 2.05) is 17.1 Å². The molecule has 0 radical (unpaired) electrons. The summed E-state index contributed by atoms with van der Waals surface area (Å²) in [5.41, 5.74) is 3.85. The fraction of sp³-hybridized carbons (Fsp3) is 0.593. The highest BCUT2D eigenvalue weighted by Gasteiger charge is 2.33. The Bertz CT molecular complexity index is 903. The maximum absolute atomic E-state index is 12.3. The van der Waals surface area contributed by atoms with Crippen LogP contribution in [0.4, 0.5) is 0 Å². The summed E-state index contributed by atoms with van der Waals surface area (Å²) >= 11 is 1.68. The fourth-order valence-corrected chi connectivity index (χ4v) is 6.16. The number of nitrogens with zero attached hydrogens (tertiary/aromatic N) is 1. The number of benzene rings is 1. The standard InChI is InChI=1S/C27H40N2O2S/c1-4-5-6-7-8-9-12-17-29(28)19-20-13-10-11-14-21(20)25-24(26(30)31)22-18-27(2,3)16-15-23(22)32-25/h10-11,13-14H,4-9,12,15-19,28H2,1-3H3,(H,30,31). The quantitative estimate of drug-likeness (QED) is 0.204. The Labute approximate surface area is 197 Å². The normalized spacial score (nSPS) is 15.2. The third-order valence-electron chi connectivity index (χ3n) is 6.67. The van der Waals surface area contributed by atoms with Gasteiger partial charge in [0.25, 0.3) is 0 Å². The molecule has 4 nitrogen and oxygen atoms in total. The van der Waals surface area contributed by atoms with Gasteiger partial charge in [0.15, 0.2) is 0 Å². The van der Waals surface area contributed by atoms with E-state index in [2.05, 4.69) is 32.9 Å². The van der Waals surface area contributed by atoms with Crippen LogP contribution in [0.5, 0.6) is 0 Å². The Hall–Kier alpha value is -1.69. The minimum absolute atomic E-state index is 0.152. The number of nitrogens with two attached hydrogens (primary N) is 1. The summed E-state index contributed by atoms with van der Waals surface area (Å²) in [6.07, 6.45) is 11.8. The van der Waals surface area contributed by atoms with Gasteiger partial charge in [0.2, 0.25) is 0 Å². The second-order valence-electron chi connectivity index (χ2n) is 10.1. The van der Waals surface area contributed by atoms with E-state index < -0.39 is 5.97 Å². The zero-order valence-corrected chi connectivity index (χ0v) is 20.9. The maximum Gasteiger partial charge on any atom is 0.337 e. The molecule has 0 amide bonds. The second-order valence-corrected chi connectivity index (χ2v) is 11.2. The highest BCUT2D eigenvalue weighted by Crippen LogP contribution is 2.45. The molecule has 0 spiro atoms. The number of unbranched alkanes of at least 4 members (excludes halogenated alkanes) is 6. The molecule has 1 heterocycles. The van der Waals surface area contributed by atoms with Crippen LogP contribution in [0.2, 0.25) is 0 Å². The highest BCUT2D eigenvalue weighted by atomic mass is 32.1. The van der Waals surface area contributed by atoms with E-state index in [9.17, 15) is 9.90 Å². The first kappa shape index (κ1) is 24.9. The zero-order valence-electron chi connectivity index (χ0n) is 20.1. The number of hydrazine groups is 1. The molecule has 1 aliphatic rings. The van der Waals surface area contributed by atoms with Crippen molar-refractivity contribution in [1.29, 1.82) is 0 Å². The minimum Gasteiger partial charge on any atom is -0.478 e. The number of carboxylic acids is 1. The van der Waals surface area contributed by atoms with Crippen molar-refractivity contribution in [2.24, 2.45) is 11.3 Å². The summed E-state index contributed by atoms with van der Waals surface area (Å²) in [5, 5.41) is 12.0. The summed E-state index contributed by atoms with van der Waals surface area (Å²) in [6, 6.07) is 8.18. The monoisotopic (exact) mass is 456 g/mol. The summed E-state index contributed by atoms with van der Waals surface area (Å²) in [4.78, 5) is 14.5. The highest BCUT2D eigenvalue weighted by molar-refractivity contribution is 7.16. The number of carbonyl (C=O) groups is 1. The fourth-order valence-electron chi connectivity index (χ4n) is 4.79. The first-order valence-corrected chi connectivity index (χ1v) is 13.1. The van der Waals surface area contributed by atoms with Crippen molar-refractivity contribution >= 4 is 17.3 Å². The molecule has 176 valence electrons. The van der Waals surface area contributed by atoms with Crippen LogP contribution in [0.3, 0.4) is 0 Å². The first-order valence-electron chi connectivity index (χ1n) is 12.3. The Morgan fingerprint density at radius 3 is 2.53 bits per heavy atom. The molecule has 0 saturated heterocycles. The minimum atomic E-state index is -0.808. The van der Waals surface area contributed by atoms with Gasteiger partial charge in [-0.2, -0.15) is 0 Å². The number of thiophene rings is 1. The topological polar surface area (TPSA) is 66.6 Å². The van der Waals surface area contributed by atoms with E-state index in [4.69, 9.17) is 5.84 Å². The predicted octanol–water partition coefficient (Wildman–Crippen LogP) is 7.05. The first-order chi connectivity index (χ1) is 15.3. The van der Waals surface area contributed by atoms with Crippen molar-refractivity contribution in [2.75, 3.05) is 6.54 Å². The Kier molecular flexibility index (Phi) is 8.92. The van der Waals surface area contributed by atoms with E-state index in [1.165, 1.54) is 43.4 Å². The number of hydrogen-bond acceptors (Lipinski definition) is 4. The van der Waals surface area contributed by atoms with Crippen LogP contribution in [0, 0.1) is 5.41 Å². The second kappa shape index (κ2) is 11.4. The van der Waals surface area contributed by atoms with E-state index in [0.717, 1.165) is 53.8 Å². The van der Waals surface area contributed by atoms with Gasteiger partial charge in [-0.25, -0.2) is 9.80 Å². The van der Waals surface area contributed by atoms with Crippen LogP contribution in [0.25, 0.3) is 10.4 Å². The van der Waals surface area contributed by atoms with Crippen molar-refractivity contribution < 1.29 is 9.90 Å². The molecule has 32 heavy (non-hydrogen) atoms. The SMILES string of the molecule is CCCCCCCCCN(N)Cc1ccccc1-c1sc2c(c1C(=O)O)CC(C)(C)CC2. The van der Waals surface area contributed by atoms with Crippen LogP contribution >= 0.6 is 11.3 Å². The lowest BCUT2D eigenvalue weighted by atomic mass is 9.76. The number of fused-ring (bicyclic) bond motifs is 1. The van der Waals surface area contributed by atoms with E-state index in [0.29, 0.717) is 12.1 Å². The van der Waals surface area contributed by atoms with Gasteiger partial charge in [-0.15, -0.1) is 11.3 Å². The number of hydrogen-bond donors (Lipinski definition) is 2. The van der Waals surface area contributed by atoms with Crippen molar-refractivity contribution in [1.82, 2.24) is 5.01 Å². The van der Waals surface area contributed by atoms with E-state index in [-0.39, 0.29) is 5.41 Å². The molecule has 3 N–H and O–H groups in total. The van der Waals surface area contributed by atoms with Gasteiger partial charge in [-0.1, -0.05) is 83.6 Å². The smallest absolute Gasteiger partial charge is 0.337 e. The van der Waals surface area contributed by atoms with Gasteiger partial charge in [0, 0.05) is 22.8 Å². The van der Waals surface area contributed by atoms with Gasteiger partial charge in [0.05, 0.1) is 5.56 Å². The number of aryl methyl sites for hydroxylation is 1. The van der Waals surface area contributed by atoms with Crippen LogP contribution in [0.1, 0.15) is 98.5 Å². The summed E-state index contributed by atoms with van der Waals surface area (Å²) in [6.45, 7) is 8.23. The Morgan fingerprint density at radius 2 is 1.81 bits per heavy atom. The van der Waals surface area contributed by atoms with Gasteiger partial charge in [-0.05, 0) is 47.8 Å². The lowest BCUT2D eigenvalue weighted by Gasteiger charge is -2.29. The lowest BCUT2D eigenvalue weighted by molar-refractivity contribution is 0.0696. The summed E-state index contributed by atoms with van der Waals surface area (Å²) in [5.74, 6) is 5.56. The molecule has 5 heteroatoms. The van der Waals surface area contributed by atoms with Gasteiger partial charge >= 0.3 is 5.97 Å². The third kappa shape index (κ3) is 6.43. The lowest BCUT2D eigenvalue weighted by Crippen LogP contribution is -2.31. The van der Waals surface area contributed by atoms with Crippen molar-refractivity contribution in [3.8, 4) is 10.4 Å². The van der Waals surface area contributed by atoms with Crippen LogP contribution in [-0.4, -0.2) is 22.6 Å². The number of aromatic carboxylic acids is 1. The number of rotatable bonds is 12. The zero-order chi connectivity index (χ0) is 23.1. The molecule has 0 saturated carbocycles. The summed E-state index contributed by atoms with van der Waals surface area (Å²) < 4.78 is 0. The van der Waals surface area contributed by atoms with Crippen molar-refractivity contribution in [3.63, 3.8) is 0 Å². The Balaban J connectivity index is 1.72. The molecule has 0 aliphatic heterocycles. The van der Waals surface area contributed by atoms with Crippen LogP contribution in [-0.2, 0) is 19.4 Å². The molecule has 1 aliphatic carbocycles. The van der Waals surface area contributed by atoms with Gasteiger partial charge in [0.1, 0.15) is 0 Å². The average Bonchev–Trinajstić information content (AvgIpc) is 3.11. The van der Waals surface area contributed by atoms with Gasteiger partial charge in [-0.3, -0.25) is 5.84 Å². The Morgan fingerprint density at radius 1 is 1.12 bits per heavy atom. The number of carboxylic acid groups (broad SMARTS) is 1. The molecule has 1 aromatic heterocycles. The van der Waals surface area contributed by atoms with Crippen LogP contribution in [0.15, 0.2) is 24.3 Å². The van der Waals surface area contributed by atoms with Crippen molar-refractivity contribution in [2.45, 2.75) is 91.5 Å². The molecule has 3 rings (SSSR count). The molecule has 0 unspecified atom stereocenters. The largest absolute Gasteiger partial charge is 0.478 e. The summed E-state index contributed by atoms with van der Waals surface area (Å²) in [7, 11) is 0. The average molecular weight is 457 g/mol. The third-order valence-corrected chi connectivity index (χ3v) is 8.00. The van der Waals surface area contributed by atoms with E-state index in [1.54, 1.807) is 11.3 Å². The molecule has 0 bridgehead atoms. The molecule has 1 aromatic carbocycles. The molecule has 0 atom stereocenters. The van der Waals surface area contributed by atoms with Gasteiger partial charge < -0.3 is 5.11 Å². The molecular formula is C27H40N2O2S. The molecule has 2 aromatic rings. The molecular weight excluding hydrogens is 416 g/mol. The molecule has 0 fully saturated rings.